The molecule has 0 atom stereocenters. The predicted octanol–water partition coefficient (Wildman–Crippen LogP) is 11.4. The van der Waals surface area contributed by atoms with Crippen LogP contribution in [0.1, 0.15) is 47.9 Å². The normalized spacial score (nSPS) is 14.9. The summed E-state index contributed by atoms with van der Waals surface area (Å²) in [6, 6.07) is 41.7. The van der Waals surface area contributed by atoms with Crippen LogP contribution in [0.5, 0.6) is 0 Å². The third-order valence-electron chi connectivity index (χ3n) is 10.2. The van der Waals surface area contributed by atoms with Gasteiger partial charge in [0.2, 0.25) is 0 Å². The van der Waals surface area contributed by atoms with Crippen LogP contribution in [-0.2, 0) is 25.7 Å². The lowest BCUT2D eigenvalue weighted by molar-refractivity contribution is 0.688. The monoisotopic (exact) mass is 538 g/mol. The van der Waals surface area contributed by atoms with Crippen molar-refractivity contribution >= 4 is 43.1 Å². The van der Waals surface area contributed by atoms with Crippen LogP contribution in [0.15, 0.2) is 109 Å². The minimum absolute atomic E-state index is 1.16. The zero-order valence-electron chi connectivity index (χ0n) is 24.0. The van der Waals surface area contributed by atoms with Crippen LogP contribution in [0.3, 0.4) is 0 Å². The van der Waals surface area contributed by atoms with Gasteiger partial charge in [-0.1, -0.05) is 109 Å². The summed E-state index contributed by atoms with van der Waals surface area (Å²) in [5.74, 6) is 0. The van der Waals surface area contributed by atoms with E-state index in [1.165, 1.54) is 104 Å². The third kappa shape index (κ3) is 3.54. The van der Waals surface area contributed by atoms with Crippen molar-refractivity contribution < 1.29 is 0 Å². The summed E-state index contributed by atoms with van der Waals surface area (Å²) in [6.07, 6.45) is 9.82. The first-order valence-electron chi connectivity index (χ1n) is 15.9. The molecule has 7 aromatic rings. The molecule has 0 fully saturated rings. The molecule has 0 unspecified atom stereocenters. The summed E-state index contributed by atoms with van der Waals surface area (Å²) in [7, 11) is 0. The Bertz CT molecular complexity index is 1980. The van der Waals surface area contributed by atoms with Gasteiger partial charge in [-0.3, -0.25) is 0 Å². The summed E-state index contributed by atoms with van der Waals surface area (Å²) in [6.45, 7) is 0. The van der Waals surface area contributed by atoms with E-state index in [0.29, 0.717) is 0 Å². The van der Waals surface area contributed by atoms with Gasteiger partial charge in [-0.25, -0.2) is 0 Å². The molecule has 0 amide bonds. The molecular weight excluding hydrogens is 504 g/mol. The van der Waals surface area contributed by atoms with Crippen LogP contribution in [0.25, 0.3) is 65.3 Å². The van der Waals surface area contributed by atoms with Crippen molar-refractivity contribution in [1.82, 2.24) is 0 Å². The molecule has 2 aliphatic carbocycles. The van der Waals surface area contributed by atoms with Gasteiger partial charge >= 0.3 is 0 Å². The molecule has 0 saturated heterocycles. The summed E-state index contributed by atoms with van der Waals surface area (Å²) in [4.78, 5) is 0. The molecule has 0 aliphatic heterocycles. The number of benzene rings is 7. The molecule has 0 heteroatoms. The fourth-order valence-corrected chi connectivity index (χ4v) is 8.39. The minimum atomic E-state index is 1.16. The van der Waals surface area contributed by atoms with Crippen LogP contribution in [-0.4, -0.2) is 0 Å². The van der Waals surface area contributed by atoms with Gasteiger partial charge in [0.15, 0.2) is 0 Å². The van der Waals surface area contributed by atoms with E-state index in [1.807, 2.05) is 0 Å². The maximum Gasteiger partial charge on any atom is -0.00173 e. The molecule has 0 aromatic heterocycles. The van der Waals surface area contributed by atoms with Gasteiger partial charge < -0.3 is 0 Å². The molecule has 0 N–H and O–H groups in total. The molecule has 0 spiro atoms. The lowest BCUT2D eigenvalue weighted by Gasteiger charge is -2.27. The Balaban J connectivity index is 1.50. The molecule has 0 saturated carbocycles. The van der Waals surface area contributed by atoms with Crippen LogP contribution in [0.4, 0.5) is 0 Å². The second-order valence-electron chi connectivity index (χ2n) is 12.5. The number of aryl methyl sites for hydroxylation is 2. The summed E-state index contributed by atoms with van der Waals surface area (Å²) in [5, 5.41) is 11.1. The second-order valence-corrected chi connectivity index (χ2v) is 12.5. The van der Waals surface area contributed by atoms with Gasteiger partial charge in [0.1, 0.15) is 0 Å². The smallest absolute Gasteiger partial charge is 0.00173 e. The Morgan fingerprint density at radius 3 is 1.05 bits per heavy atom. The lowest BCUT2D eigenvalue weighted by atomic mass is 9.77. The predicted molar refractivity (Wildman–Crippen MR) is 181 cm³/mol. The lowest BCUT2D eigenvalue weighted by Crippen LogP contribution is -2.07. The summed E-state index contributed by atoms with van der Waals surface area (Å²) < 4.78 is 0. The molecule has 9 rings (SSSR count). The fraction of sp³-hybridized carbons (Fsp3) is 0.190. The standard InChI is InChI=1S/C42H34/c1-5-17-31-27(13-1)25-28-14-2-6-18-32(28)39(31)41-35-21-9-11-23-37(35)42(38-24-12-10-22-36(38)41)40-33-19-7-3-15-29(33)26-30-16-4-8-20-34(30)40/h1,3,5,7,9-13,15,17,19,21-26H,2,4,6,8,14,16,18,20H2. The van der Waals surface area contributed by atoms with Gasteiger partial charge in [0, 0.05) is 0 Å². The number of rotatable bonds is 2. The molecule has 42 heavy (non-hydrogen) atoms. The highest BCUT2D eigenvalue weighted by Gasteiger charge is 2.26. The molecule has 0 bridgehead atoms. The van der Waals surface area contributed by atoms with E-state index in [9.17, 15) is 0 Å². The largest absolute Gasteiger partial charge is 0.0616 e. The number of fused-ring (bicyclic) bond motifs is 6. The van der Waals surface area contributed by atoms with Gasteiger partial charge in [-0.15, -0.1) is 0 Å². The Labute approximate surface area is 247 Å². The maximum absolute atomic E-state index is 2.48. The Kier molecular flexibility index (Phi) is 5.51. The van der Waals surface area contributed by atoms with Crippen LogP contribution >= 0.6 is 0 Å². The van der Waals surface area contributed by atoms with Gasteiger partial charge in [-0.05, 0) is 139 Å². The number of hydrogen-bond donors (Lipinski definition) is 0. The SMILES string of the molecule is c1ccc2c(-c3c4ccccc4c(-c4c5c(cc6ccccc46)CCCC5)c4ccccc34)c3c(cc2c1)CCCC3. The first kappa shape index (κ1) is 24.2. The zero-order chi connectivity index (χ0) is 27.6. The fourth-order valence-electron chi connectivity index (χ4n) is 8.39. The van der Waals surface area contributed by atoms with Crippen molar-refractivity contribution in [3.63, 3.8) is 0 Å². The highest BCUT2D eigenvalue weighted by molar-refractivity contribution is 6.26. The average molecular weight is 539 g/mol. The van der Waals surface area contributed by atoms with Crippen LogP contribution in [0.2, 0.25) is 0 Å². The van der Waals surface area contributed by atoms with Crippen LogP contribution in [0, 0.1) is 0 Å². The molecular formula is C42H34. The highest BCUT2D eigenvalue weighted by atomic mass is 14.3. The van der Waals surface area contributed by atoms with Crippen molar-refractivity contribution in [3.8, 4) is 22.3 Å². The van der Waals surface area contributed by atoms with Gasteiger partial charge in [-0.2, -0.15) is 0 Å². The zero-order valence-corrected chi connectivity index (χ0v) is 24.0. The van der Waals surface area contributed by atoms with Crippen LogP contribution < -0.4 is 0 Å². The average Bonchev–Trinajstić information content (AvgIpc) is 3.05. The van der Waals surface area contributed by atoms with E-state index in [1.54, 1.807) is 22.3 Å². The molecule has 2 aliphatic rings. The Hall–Kier alpha value is -4.42. The molecule has 0 heterocycles. The molecule has 0 nitrogen and oxygen atoms in total. The van der Waals surface area contributed by atoms with Gasteiger partial charge in [0.05, 0.1) is 0 Å². The first-order chi connectivity index (χ1) is 20.9. The topological polar surface area (TPSA) is 0 Å². The van der Waals surface area contributed by atoms with E-state index in [-0.39, 0.29) is 0 Å². The van der Waals surface area contributed by atoms with E-state index in [2.05, 4.69) is 109 Å². The maximum atomic E-state index is 2.48. The highest BCUT2D eigenvalue weighted by Crippen LogP contribution is 2.50. The second kappa shape index (κ2) is 9.57. The van der Waals surface area contributed by atoms with Crippen molar-refractivity contribution in [2.45, 2.75) is 51.4 Å². The molecule has 7 aromatic carbocycles. The van der Waals surface area contributed by atoms with Crippen molar-refractivity contribution in [1.29, 1.82) is 0 Å². The third-order valence-corrected chi connectivity index (χ3v) is 10.2. The number of hydrogen-bond acceptors (Lipinski definition) is 0. The van der Waals surface area contributed by atoms with Gasteiger partial charge in [0.25, 0.3) is 0 Å². The molecule has 0 radical (unpaired) electrons. The van der Waals surface area contributed by atoms with Crippen molar-refractivity contribution in [2.75, 3.05) is 0 Å². The van der Waals surface area contributed by atoms with E-state index < -0.39 is 0 Å². The van der Waals surface area contributed by atoms with E-state index >= 15 is 0 Å². The van der Waals surface area contributed by atoms with E-state index in [4.69, 9.17) is 0 Å². The van der Waals surface area contributed by atoms with Crippen molar-refractivity contribution in [2.24, 2.45) is 0 Å². The van der Waals surface area contributed by atoms with E-state index in [0.717, 1.165) is 12.8 Å². The molecule has 202 valence electrons. The Morgan fingerprint density at radius 2 is 0.643 bits per heavy atom. The first-order valence-corrected chi connectivity index (χ1v) is 15.9. The Morgan fingerprint density at radius 1 is 0.310 bits per heavy atom. The quantitative estimate of drug-likeness (QED) is 0.192. The summed E-state index contributed by atoms with van der Waals surface area (Å²) >= 11 is 0. The summed E-state index contributed by atoms with van der Waals surface area (Å²) in [5.41, 5.74) is 12.0. The minimum Gasteiger partial charge on any atom is -0.0616 e. The van der Waals surface area contributed by atoms with Crippen molar-refractivity contribution in [3.05, 3.63) is 131 Å².